The Hall–Kier alpha value is -2.63. The van der Waals surface area contributed by atoms with E-state index >= 15 is 0 Å². The Morgan fingerprint density at radius 2 is 2.15 bits per heavy atom. The first-order valence-corrected chi connectivity index (χ1v) is 6.05. The lowest BCUT2D eigenvalue weighted by atomic mass is 10.2. The molecule has 0 atom stereocenters. The largest absolute Gasteiger partial charge is 0.483 e. The first kappa shape index (κ1) is 13.8. The zero-order chi connectivity index (χ0) is 14.5. The average molecular weight is 273 g/mol. The number of benzene rings is 1. The van der Waals surface area contributed by atoms with E-state index in [0.29, 0.717) is 5.75 Å². The van der Waals surface area contributed by atoms with Gasteiger partial charge in [0.1, 0.15) is 17.9 Å². The predicted octanol–water partition coefficient (Wildman–Crippen LogP) is 1.76. The van der Waals surface area contributed by atoms with Crippen LogP contribution in [0.3, 0.4) is 0 Å². The van der Waals surface area contributed by atoms with Crippen molar-refractivity contribution < 1.29 is 14.4 Å². The summed E-state index contributed by atoms with van der Waals surface area (Å²) in [7, 11) is 0. The van der Waals surface area contributed by atoms with Crippen LogP contribution in [0.15, 0.2) is 35.5 Å². The molecule has 2 N–H and O–H groups in total. The maximum Gasteiger partial charge on any atom is 0.332 e. The molecular weight excluding hydrogens is 258 g/mol. The highest BCUT2D eigenvalue weighted by Gasteiger charge is 2.05. The first-order valence-electron chi connectivity index (χ1n) is 6.05. The molecule has 2 rings (SSSR count). The standard InChI is InChI=1S/C14H15N3O3/c1-9-6-7-11-4-3-5-12(14(11)16-9)19-8-13(15)17-20-10(2)18/h3-7H,8H2,1-2H3,(H2,15,17). The van der Waals surface area contributed by atoms with Gasteiger partial charge >= 0.3 is 5.97 Å². The number of para-hydroxylation sites is 1. The molecule has 0 unspecified atom stereocenters. The van der Waals surface area contributed by atoms with Crippen molar-refractivity contribution in [1.82, 2.24) is 4.98 Å². The number of rotatable bonds is 4. The Kier molecular flexibility index (Phi) is 4.14. The molecule has 1 heterocycles. The monoisotopic (exact) mass is 273 g/mol. The van der Waals surface area contributed by atoms with E-state index in [9.17, 15) is 4.79 Å². The SMILES string of the molecule is CC(=O)O/N=C(\N)COc1cccc2ccc(C)nc12. The average Bonchev–Trinajstić information content (AvgIpc) is 2.42. The maximum absolute atomic E-state index is 10.6. The summed E-state index contributed by atoms with van der Waals surface area (Å²) < 4.78 is 5.56. The van der Waals surface area contributed by atoms with E-state index in [4.69, 9.17) is 10.5 Å². The molecule has 0 aliphatic rings. The van der Waals surface area contributed by atoms with Crippen LogP contribution in [0, 0.1) is 6.92 Å². The zero-order valence-corrected chi connectivity index (χ0v) is 11.3. The summed E-state index contributed by atoms with van der Waals surface area (Å²) in [6.07, 6.45) is 0. The van der Waals surface area contributed by atoms with Gasteiger partial charge in [-0.15, -0.1) is 0 Å². The smallest absolute Gasteiger partial charge is 0.332 e. The minimum atomic E-state index is -0.532. The van der Waals surface area contributed by atoms with Crippen molar-refractivity contribution in [3.8, 4) is 5.75 Å². The van der Waals surface area contributed by atoms with Gasteiger partial charge in [0.05, 0.1) is 0 Å². The molecule has 0 fully saturated rings. The van der Waals surface area contributed by atoms with Crippen LogP contribution in [0.2, 0.25) is 0 Å². The Labute approximate surface area is 116 Å². The second-order valence-corrected chi connectivity index (χ2v) is 4.23. The van der Waals surface area contributed by atoms with E-state index in [1.165, 1.54) is 6.92 Å². The Bertz CT molecular complexity index is 668. The fourth-order valence-corrected chi connectivity index (χ4v) is 1.63. The van der Waals surface area contributed by atoms with Crippen LogP contribution in [-0.2, 0) is 9.63 Å². The van der Waals surface area contributed by atoms with Gasteiger partial charge < -0.3 is 15.3 Å². The van der Waals surface area contributed by atoms with Crippen molar-refractivity contribution in [3.05, 3.63) is 36.0 Å². The number of amidine groups is 1. The number of hydrogen-bond donors (Lipinski definition) is 1. The summed E-state index contributed by atoms with van der Waals surface area (Å²) in [5, 5.41) is 4.41. The van der Waals surface area contributed by atoms with E-state index in [1.807, 2.05) is 31.2 Å². The van der Waals surface area contributed by atoms with Crippen molar-refractivity contribution in [2.75, 3.05) is 6.61 Å². The van der Waals surface area contributed by atoms with Crippen molar-refractivity contribution in [1.29, 1.82) is 0 Å². The van der Waals surface area contributed by atoms with Crippen LogP contribution >= 0.6 is 0 Å². The molecule has 104 valence electrons. The van der Waals surface area contributed by atoms with Crippen molar-refractivity contribution >= 4 is 22.7 Å². The van der Waals surface area contributed by atoms with Gasteiger partial charge in [-0.2, -0.15) is 0 Å². The van der Waals surface area contributed by atoms with Crippen molar-refractivity contribution in [2.45, 2.75) is 13.8 Å². The van der Waals surface area contributed by atoms with Gasteiger partial charge in [0.2, 0.25) is 0 Å². The molecule has 0 spiro atoms. The van der Waals surface area contributed by atoms with Gasteiger partial charge in [-0.25, -0.2) is 9.78 Å². The second kappa shape index (κ2) is 6.01. The van der Waals surface area contributed by atoms with Gasteiger partial charge in [-0.1, -0.05) is 23.4 Å². The van der Waals surface area contributed by atoms with Crippen LogP contribution in [-0.4, -0.2) is 23.4 Å². The molecule has 0 aliphatic carbocycles. The number of fused-ring (bicyclic) bond motifs is 1. The van der Waals surface area contributed by atoms with Crippen molar-refractivity contribution in [2.24, 2.45) is 10.9 Å². The lowest BCUT2D eigenvalue weighted by molar-refractivity contribution is -0.141. The maximum atomic E-state index is 10.6. The van der Waals surface area contributed by atoms with E-state index in [2.05, 4.69) is 15.0 Å². The number of carbonyl (C=O) groups is 1. The molecule has 6 nitrogen and oxygen atoms in total. The Morgan fingerprint density at radius 1 is 1.35 bits per heavy atom. The van der Waals surface area contributed by atoms with Crippen LogP contribution in [0.1, 0.15) is 12.6 Å². The normalized spacial score (nSPS) is 11.4. The van der Waals surface area contributed by atoms with E-state index in [0.717, 1.165) is 16.6 Å². The van der Waals surface area contributed by atoms with Crippen molar-refractivity contribution in [3.63, 3.8) is 0 Å². The fourth-order valence-electron chi connectivity index (χ4n) is 1.63. The molecule has 0 aliphatic heterocycles. The van der Waals surface area contributed by atoms with E-state index in [-0.39, 0.29) is 12.4 Å². The lowest BCUT2D eigenvalue weighted by Crippen LogP contribution is -2.22. The molecule has 1 aromatic carbocycles. The molecule has 0 radical (unpaired) electrons. The number of ether oxygens (including phenoxy) is 1. The molecule has 20 heavy (non-hydrogen) atoms. The summed E-state index contributed by atoms with van der Waals surface area (Å²) in [6.45, 7) is 3.17. The molecule has 6 heteroatoms. The number of aryl methyl sites for hydroxylation is 1. The topological polar surface area (TPSA) is 86.8 Å². The summed E-state index contributed by atoms with van der Waals surface area (Å²) >= 11 is 0. The van der Waals surface area contributed by atoms with Gasteiger partial charge in [0.25, 0.3) is 0 Å². The highest BCUT2D eigenvalue weighted by atomic mass is 16.7. The molecule has 2 aromatic rings. The second-order valence-electron chi connectivity index (χ2n) is 4.23. The number of carbonyl (C=O) groups excluding carboxylic acids is 1. The third kappa shape index (κ3) is 3.44. The molecule has 0 saturated heterocycles. The third-order valence-corrected chi connectivity index (χ3v) is 2.49. The minimum Gasteiger partial charge on any atom is -0.483 e. The molecule has 0 saturated carbocycles. The fraction of sp³-hybridized carbons (Fsp3) is 0.214. The number of pyridine rings is 1. The number of oxime groups is 1. The number of nitrogens with two attached hydrogens (primary N) is 1. The van der Waals surface area contributed by atoms with Gasteiger partial charge in [0, 0.05) is 18.0 Å². The third-order valence-electron chi connectivity index (χ3n) is 2.49. The van der Waals surface area contributed by atoms with Crippen LogP contribution in [0.5, 0.6) is 5.75 Å². The predicted molar refractivity (Wildman–Crippen MR) is 75.4 cm³/mol. The van der Waals surface area contributed by atoms with Crippen LogP contribution in [0.25, 0.3) is 10.9 Å². The summed E-state index contributed by atoms with van der Waals surface area (Å²) in [6, 6.07) is 9.52. The number of aromatic nitrogens is 1. The summed E-state index contributed by atoms with van der Waals surface area (Å²) in [5.41, 5.74) is 7.23. The lowest BCUT2D eigenvalue weighted by Gasteiger charge is -2.08. The minimum absolute atomic E-state index is 0.0159. The number of hydrogen-bond acceptors (Lipinski definition) is 5. The Morgan fingerprint density at radius 3 is 2.90 bits per heavy atom. The molecule has 0 amide bonds. The molecule has 0 bridgehead atoms. The zero-order valence-electron chi connectivity index (χ0n) is 11.3. The van der Waals surface area contributed by atoms with Gasteiger partial charge in [0.15, 0.2) is 5.84 Å². The summed E-state index contributed by atoms with van der Waals surface area (Å²) in [5.74, 6) is 0.146. The molecule has 1 aromatic heterocycles. The van der Waals surface area contributed by atoms with Crippen LogP contribution in [0.4, 0.5) is 0 Å². The Balaban J connectivity index is 2.16. The number of nitrogens with zero attached hydrogens (tertiary/aromatic N) is 2. The highest BCUT2D eigenvalue weighted by Crippen LogP contribution is 2.23. The van der Waals surface area contributed by atoms with Gasteiger partial charge in [-0.05, 0) is 19.1 Å². The highest BCUT2D eigenvalue weighted by molar-refractivity contribution is 5.86. The summed E-state index contributed by atoms with van der Waals surface area (Å²) in [4.78, 5) is 19.5. The quantitative estimate of drug-likeness (QED) is 0.397. The van der Waals surface area contributed by atoms with Crippen LogP contribution < -0.4 is 10.5 Å². The molecular formula is C14H15N3O3. The van der Waals surface area contributed by atoms with E-state index < -0.39 is 5.97 Å². The first-order chi connectivity index (χ1) is 9.56. The van der Waals surface area contributed by atoms with E-state index in [1.54, 1.807) is 6.07 Å². The van der Waals surface area contributed by atoms with Gasteiger partial charge in [-0.3, -0.25) is 0 Å².